The van der Waals surface area contributed by atoms with Crippen LogP contribution in [-0.4, -0.2) is 25.7 Å². The zero-order chi connectivity index (χ0) is 16.9. The standard InChI is InChI=1S/C22H24BN/c1-18(24(2)3)21-16-10-11-17-22(21)23(19-12-6-4-7-13-19)20-14-8-5-9-15-20/h4-18H,1-3H3. The van der Waals surface area contributed by atoms with E-state index in [0.29, 0.717) is 6.04 Å². The second kappa shape index (κ2) is 7.50. The first-order valence-corrected chi connectivity index (χ1v) is 8.53. The van der Waals surface area contributed by atoms with Gasteiger partial charge in [-0.1, -0.05) is 101 Å². The molecule has 1 unspecified atom stereocenters. The third-order valence-electron chi connectivity index (χ3n) is 4.80. The molecule has 3 aromatic carbocycles. The highest BCUT2D eigenvalue weighted by molar-refractivity contribution is 6.95. The first-order valence-electron chi connectivity index (χ1n) is 8.53. The predicted molar refractivity (Wildman–Crippen MR) is 106 cm³/mol. The van der Waals surface area contributed by atoms with Gasteiger partial charge >= 0.3 is 0 Å². The molecule has 0 saturated carbocycles. The van der Waals surface area contributed by atoms with Gasteiger partial charge in [-0.15, -0.1) is 0 Å². The Labute approximate surface area is 146 Å². The van der Waals surface area contributed by atoms with Gasteiger partial charge in [0.1, 0.15) is 0 Å². The van der Waals surface area contributed by atoms with E-state index >= 15 is 0 Å². The molecule has 3 aromatic rings. The van der Waals surface area contributed by atoms with Crippen molar-refractivity contribution < 1.29 is 0 Å². The lowest BCUT2D eigenvalue weighted by Crippen LogP contribution is -2.53. The number of benzene rings is 3. The van der Waals surface area contributed by atoms with E-state index in [9.17, 15) is 0 Å². The Balaban J connectivity index is 2.18. The number of rotatable bonds is 5. The van der Waals surface area contributed by atoms with Gasteiger partial charge in [0.05, 0.1) is 0 Å². The second-order valence-electron chi connectivity index (χ2n) is 6.52. The minimum Gasteiger partial charge on any atom is -0.303 e. The molecule has 0 radical (unpaired) electrons. The summed E-state index contributed by atoms with van der Waals surface area (Å²) >= 11 is 0. The molecule has 0 aromatic heterocycles. The Morgan fingerprint density at radius 1 is 0.667 bits per heavy atom. The van der Waals surface area contributed by atoms with E-state index in [4.69, 9.17) is 0 Å². The lowest BCUT2D eigenvalue weighted by atomic mass is 9.36. The third-order valence-corrected chi connectivity index (χ3v) is 4.80. The molecule has 0 aliphatic heterocycles. The summed E-state index contributed by atoms with van der Waals surface area (Å²) < 4.78 is 0. The fourth-order valence-electron chi connectivity index (χ4n) is 3.27. The average molecular weight is 313 g/mol. The van der Waals surface area contributed by atoms with Crippen LogP contribution in [0.15, 0.2) is 84.9 Å². The lowest BCUT2D eigenvalue weighted by Gasteiger charge is -2.26. The van der Waals surface area contributed by atoms with Gasteiger partial charge < -0.3 is 4.90 Å². The fourth-order valence-corrected chi connectivity index (χ4v) is 3.27. The van der Waals surface area contributed by atoms with Crippen LogP contribution in [0.25, 0.3) is 0 Å². The van der Waals surface area contributed by atoms with E-state index in [2.05, 4.69) is 111 Å². The molecule has 120 valence electrons. The first-order chi connectivity index (χ1) is 11.7. The molecule has 0 heterocycles. The molecule has 0 N–H and O–H groups in total. The Bertz CT molecular complexity index is 729. The van der Waals surface area contributed by atoms with E-state index < -0.39 is 0 Å². The van der Waals surface area contributed by atoms with Crippen LogP contribution in [0.2, 0.25) is 0 Å². The normalized spacial score (nSPS) is 12.2. The van der Waals surface area contributed by atoms with E-state index in [0.717, 1.165) is 0 Å². The van der Waals surface area contributed by atoms with Gasteiger partial charge in [-0.25, -0.2) is 0 Å². The summed E-state index contributed by atoms with van der Waals surface area (Å²) in [5, 5.41) is 0. The van der Waals surface area contributed by atoms with Crippen LogP contribution in [0, 0.1) is 0 Å². The van der Waals surface area contributed by atoms with E-state index in [1.165, 1.54) is 22.0 Å². The van der Waals surface area contributed by atoms with Crippen molar-refractivity contribution in [3.63, 3.8) is 0 Å². The molecule has 1 nitrogen and oxygen atoms in total. The lowest BCUT2D eigenvalue weighted by molar-refractivity contribution is 0.322. The molecule has 0 saturated heterocycles. The summed E-state index contributed by atoms with van der Waals surface area (Å²) in [7, 11) is 4.28. The number of hydrogen-bond acceptors (Lipinski definition) is 1. The maximum absolute atomic E-state index is 2.28. The highest BCUT2D eigenvalue weighted by atomic mass is 15.1. The summed E-state index contributed by atoms with van der Waals surface area (Å²) in [6.07, 6.45) is 0. The van der Waals surface area contributed by atoms with Crippen LogP contribution in [0.1, 0.15) is 18.5 Å². The molecular formula is C22H24BN. The van der Waals surface area contributed by atoms with E-state index in [-0.39, 0.29) is 6.71 Å². The number of nitrogens with zero attached hydrogens (tertiary/aromatic N) is 1. The maximum atomic E-state index is 2.28. The number of hydrogen-bond donors (Lipinski definition) is 0. The van der Waals surface area contributed by atoms with Crippen LogP contribution in [0.4, 0.5) is 0 Å². The molecule has 0 bridgehead atoms. The van der Waals surface area contributed by atoms with Crippen LogP contribution < -0.4 is 16.4 Å². The maximum Gasteiger partial charge on any atom is 0.241 e. The van der Waals surface area contributed by atoms with Crippen molar-refractivity contribution in [1.82, 2.24) is 4.90 Å². The van der Waals surface area contributed by atoms with Gasteiger partial charge in [-0.2, -0.15) is 0 Å². The van der Waals surface area contributed by atoms with Crippen molar-refractivity contribution in [3.8, 4) is 0 Å². The monoisotopic (exact) mass is 313 g/mol. The first kappa shape index (κ1) is 16.5. The molecular weight excluding hydrogens is 289 g/mol. The molecule has 2 heteroatoms. The van der Waals surface area contributed by atoms with Crippen LogP contribution in [-0.2, 0) is 0 Å². The zero-order valence-electron chi connectivity index (χ0n) is 14.7. The van der Waals surface area contributed by atoms with Gasteiger partial charge in [0.2, 0.25) is 6.71 Å². The molecule has 0 spiro atoms. The van der Waals surface area contributed by atoms with Crippen molar-refractivity contribution in [2.45, 2.75) is 13.0 Å². The van der Waals surface area contributed by atoms with Gasteiger partial charge in [-0.3, -0.25) is 0 Å². The Morgan fingerprint density at radius 3 is 1.62 bits per heavy atom. The Kier molecular flexibility index (Phi) is 5.17. The molecule has 0 amide bonds. The molecule has 0 aliphatic carbocycles. The zero-order valence-corrected chi connectivity index (χ0v) is 14.7. The highest BCUT2D eigenvalue weighted by Gasteiger charge is 2.25. The minimum atomic E-state index is 0.256. The summed E-state index contributed by atoms with van der Waals surface area (Å²) in [6, 6.07) is 30.8. The van der Waals surface area contributed by atoms with E-state index in [1.54, 1.807) is 0 Å². The van der Waals surface area contributed by atoms with Crippen molar-refractivity contribution in [1.29, 1.82) is 0 Å². The second-order valence-corrected chi connectivity index (χ2v) is 6.52. The smallest absolute Gasteiger partial charge is 0.241 e. The van der Waals surface area contributed by atoms with Crippen LogP contribution in [0.3, 0.4) is 0 Å². The van der Waals surface area contributed by atoms with Crippen molar-refractivity contribution in [2.75, 3.05) is 14.1 Å². The Morgan fingerprint density at radius 2 is 1.12 bits per heavy atom. The summed E-state index contributed by atoms with van der Waals surface area (Å²) in [5.41, 5.74) is 5.44. The molecule has 24 heavy (non-hydrogen) atoms. The summed E-state index contributed by atoms with van der Waals surface area (Å²) in [5.74, 6) is 0. The average Bonchev–Trinajstić information content (AvgIpc) is 2.63. The minimum absolute atomic E-state index is 0.256. The SMILES string of the molecule is CC(c1ccccc1B(c1ccccc1)c1ccccc1)N(C)C. The Hall–Kier alpha value is -2.32. The van der Waals surface area contributed by atoms with Gasteiger partial charge in [0.25, 0.3) is 0 Å². The largest absolute Gasteiger partial charge is 0.303 e. The van der Waals surface area contributed by atoms with Gasteiger partial charge in [0.15, 0.2) is 0 Å². The quantitative estimate of drug-likeness (QED) is 0.655. The molecule has 1 atom stereocenters. The molecule has 3 rings (SSSR count). The molecule has 0 fully saturated rings. The summed E-state index contributed by atoms with van der Waals surface area (Å²) in [4.78, 5) is 2.27. The predicted octanol–water partition coefficient (Wildman–Crippen LogP) is 2.83. The van der Waals surface area contributed by atoms with Crippen molar-refractivity contribution >= 4 is 23.1 Å². The van der Waals surface area contributed by atoms with Gasteiger partial charge in [0, 0.05) is 6.04 Å². The van der Waals surface area contributed by atoms with Crippen LogP contribution >= 0.6 is 0 Å². The molecule has 0 aliphatic rings. The van der Waals surface area contributed by atoms with Gasteiger partial charge in [-0.05, 0) is 26.6 Å². The van der Waals surface area contributed by atoms with Crippen molar-refractivity contribution in [2.24, 2.45) is 0 Å². The third kappa shape index (κ3) is 3.44. The van der Waals surface area contributed by atoms with Crippen LogP contribution in [0.5, 0.6) is 0 Å². The summed E-state index contributed by atoms with van der Waals surface area (Å²) in [6.45, 7) is 2.53. The highest BCUT2D eigenvalue weighted by Crippen LogP contribution is 2.16. The topological polar surface area (TPSA) is 3.24 Å². The fraction of sp³-hybridized carbons (Fsp3) is 0.182. The van der Waals surface area contributed by atoms with E-state index in [1.807, 2.05) is 0 Å². The van der Waals surface area contributed by atoms with Crippen molar-refractivity contribution in [3.05, 3.63) is 90.5 Å².